The highest BCUT2D eigenvalue weighted by Gasteiger charge is 2.18. The van der Waals surface area contributed by atoms with Crippen LogP contribution >= 0.6 is 0 Å². The lowest BCUT2D eigenvalue weighted by Crippen LogP contribution is -2.38. The smallest absolute Gasteiger partial charge is 0.331 e. The van der Waals surface area contributed by atoms with Crippen molar-refractivity contribution >= 4 is 23.9 Å². The zero-order chi connectivity index (χ0) is 21.4. The van der Waals surface area contributed by atoms with E-state index in [-0.39, 0.29) is 19.8 Å². The molecule has 9 heteroatoms. The van der Waals surface area contributed by atoms with E-state index in [1.165, 1.54) is 0 Å². The van der Waals surface area contributed by atoms with Crippen molar-refractivity contribution < 1.29 is 38.1 Å². The standard InChI is InChI=1S/C19H29NO8/c1-5-20(6-2)13-15(28-19(24)12-11-17(22)26-8-4)14-27-18(23)10-9-16(21)25-7-3/h9-12,15H,5-8,13-14H2,1-4H3/b10-9+,12-11+. The molecule has 1 unspecified atom stereocenters. The Hall–Kier alpha value is -2.68. The minimum Gasteiger partial charge on any atom is -0.463 e. The van der Waals surface area contributed by atoms with Crippen LogP contribution in [0.25, 0.3) is 0 Å². The summed E-state index contributed by atoms with van der Waals surface area (Å²) in [6, 6.07) is 0. The zero-order valence-electron chi connectivity index (χ0n) is 16.8. The molecule has 0 bridgehead atoms. The van der Waals surface area contributed by atoms with Gasteiger partial charge < -0.3 is 23.8 Å². The topological polar surface area (TPSA) is 108 Å². The first-order chi connectivity index (χ1) is 13.4. The van der Waals surface area contributed by atoms with Crippen molar-refractivity contribution in [2.45, 2.75) is 33.8 Å². The number of ether oxygens (including phenoxy) is 4. The van der Waals surface area contributed by atoms with Crippen molar-refractivity contribution in [1.29, 1.82) is 0 Å². The predicted molar refractivity (Wildman–Crippen MR) is 100 cm³/mol. The molecule has 0 heterocycles. The molecule has 9 nitrogen and oxygen atoms in total. The van der Waals surface area contributed by atoms with Gasteiger partial charge in [0.25, 0.3) is 0 Å². The van der Waals surface area contributed by atoms with Crippen LogP contribution < -0.4 is 0 Å². The van der Waals surface area contributed by atoms with E-state index in [0.717, 1.165) is 24.3 Å². The lowest BCUT2D eigenvalue weighted by Gasteiger charge is -2.24. The summed E-state index contributed by atoms with van der Waals surface area (Å²) in [6.07, 6.45) is 3.07. The summed E-state index contributed by atoms with van der Waals surface area (Å²) in [4.78, 5) is 48.0. The number of likely N-dealkylation sites (N-methyl/N-ethyl adjacent to an activating group) is 1. The van der Waals surface area contributed by atoms with E-state index in [1.807, 2.05) is 18.7 Å². The average Bonchev–Trinajstić information content (AvgIpc) is 2.67. The van der Waals surface area contributed by atoms with Crippen LogP contribution in [0.15, 0.2) is 24.3 Å². The van der Waals surface area contributed by atoms with Crippen LogP contribution in [-0.2, 0) is 38.1 Å². The normalized spacial score (nSPS) is 12.2. The van der Waals surface area contributed by atoms with Gasteiger partial charge in [0.15, 0.2) is 0 Å². The van der Waals surface area contributed by atoms with Crippen LogP contribution in [0, 0.1) is 0 Å². The molecule has 0 aliphatic heterocycles. The molecular formula is C19H29NO8. The maximum Gasteiger partial charge on any atom is 0.331 e. The number of carbonyl (C=O) groups excluding carboxylic acids is 4. The monoisotopic (exact) mass is 399 g/mol. The maximum atomic E-state index is 11.9. The highest BCUT2D eigenvalue weighted by atomic mass is 16.6. The van der Waals surface area contributed by atoms with Crippen molar-refractivity contribution in [1.82, 2.24) is 4.90 Å². The Morgan fingerprint density at radius 1 is 0.714 bits per heavy atom. The van der Waals surface area contributed by atoms with Crippen molar-refractivity contribution in [2.75, 3.05) is 39.5 Å². The van der Waals surface area contributed by atoms with Crippen LogP contribution in [0.5, 0.6) is 0 Å². The molecule has 0 N–H and O–H groups in total. The molecule has 0 aromatic carbocycles. The number of rotatable bonds is 13. The predicted octanol–water partition coefficient (Wildman–Crippen LogP) is 1.02. The molecule has 28 heavy (non-hydrogen) atoms. The largest absolute Gasteiger partial charge is 0.463 e. The number of nitrogens with zero attached hydrogens (tertiary/aromatic N) is 1. The number of carbonyl (C=O) groups is 4. The first-order valence-electron chi connectivity index (χ1n) is 9.15. The molecule has 0 aliphatic rings. The molecule has 0 saturated heterocycles. The Bertz CT molecular complexity index is 566. The Labute approximate surface area is 165 Å². The quantitative estimate of drug-likeness (QED) is 0.255. The van der Waals surface area contributed by atoms with Gasteiger partial charge in [-0.05, 0) is 26.9 Å². The maximum absolute atomic E-state index is 11.9. The molecule has 158 valence electrons. The molecule has 0 rings (SSSR count). The summed E-state index contributed by atoms with van der Waals surface area (Å²) >= 11 is 0. The average molecular weight is 399 g/mol. The van der Waals surface area contributed by atoms with Gasteiger partial charge in [-0.25, -0.2) is 19.2 Å². The van der Waals surface area contributed by atoms with Crippen molar-refractivity contribution in [3.8, 4) is 0 Å². The van der Waals surface area contributed by atoms with Gasteiger partial charge in [-0.1, -0.05) is 13.8 Å². The fourth-order valence-corrected chi connectivity index (χ4v) is 1.97. The second-order valence-electron chi connectivity index (χ2n) is 5.35. The van der Waals surface area contributed by atoms with Crippen molar-refractivity contribution in [3.05, 3.63) is 24.3 Å². The van der Waals surface area contributed by atoms with Gasteiger partial charge in [-0.15, -0.1) is 0 Å². The fraction of sp³-hybridized carbons (Fsp3) is 0.579. The number of esters is 4. The Morgan fingerprint density at radius 3 is 1.57 bits per heavy atom. The second kappa shape index (κ2) is 15.4. The first kappa shape index (κ1) is 25.3. The van der Waals surface area contributed by atoms with Gasteiger partial charge in [-0.3, -0.25) is 0 Å². The summed E-state index contributed by atoms with van der Waals surface area (Å²) in [5.41, 5.74) is 0. The molecule has 0 amide bonds. The van der Waals surface area contributed by atoms with E-state index in [9.17, 15) is 19.2 Å². The van der Waals surface area contributed by atoms with Crippen LogP contribution in [0.1, 0.15) is 27.7 Å². The molecule has 0 radical (unpaired) electrons. The number of hydrogen-bond acceptors (Lipinski definition) is 9. The van der Waals surface area contributed by atoms with E-state index in [1.54, 1.807) is 13.8 Å². The zero-order valence-corrected chi connectivity index (χ0v) is 16.8. The molecule has 0 fully saturated rings. The highest BCUT2D eigenvalue weighted by molar-refractivity contribution is 5.92. The van der Waals surface area contributed by atoms with E-state index >= 15 is 0 Å². The third-order valence-electron chi connectivity index (χ3n) is 3.33. The minimum atomic E-state index is -0.768. The number of hydrogen-bond donors (Lipinski definition) is 0. The SMILES string of the molecule is CCOC(=O)/C=C/C(=O)OCC(CN(CC)CC)OC(=O)/C=C/C(=O)OCC. The van der Waals surface area contributed by atoms with Crippen molar-refractivity contribution in [3.63, 3.8) is 0 Å². The summed E-state index contributed by atoms with van der Waals surface area (Å²) in [5, 5.41) is 0. The molecule has 0 saturated carbocycles. The van der Waals surface area contributed by atoms with Gasteiger partial charge in [0.05, 0.1) is 13.2 Å². The van der Waals surface area contributed by atoms with Gasteiger partial charge in [-0.2, -0.15) is 0 Å². The van der Waals surface area contributed by atoms with Crippen LogP contribution in [0.4, 0.5) is 0 Å². The molecule has 0 aromatic heterocycles. The minimum absolute atomic E-state index is 0.193. The molecule has 1 atom stereocenters. The Kier molecular flexibility index (Phi) is 13.9. The lowest BCUT2D eigenvalue weighted by molar-refractivity contribution is -0.154. The third kappa shape index (κ3) is 12.6. The Morgan fingerprint density at radius 2 is 1.14 bits per heavy atom. The second-order valence-corrected chi connectivity index (χ2v) is 5.35. The Balaban J connectivity index is 4.79. The van der Waals surface area contributed by atoms with E-state index in [4.69, 9.17) is 9.47 Å². The first-order valence-corrected chi connectivity index (χ1v) is 9.15. The fourth-order valence-electron chi connectivity index (χ4n) is 1.97. The highest BCUT2D eigenvalue weighted by Crippen LogP contribution is 2.02. The third-order valence-corrected chi connectivity index (χ3v) is 3.33. The molecule has 0 spiro atoms. The molecule has 0 aromatic rings. The van der Waals surface area contributed by atoms with E-state index < -0.39 is 30.0 Å². The lowest BCUT2D eigenvalue weighted by atomic mass is 10.3. The summed E-state index contributed by atoms with van der Waals surface area (Å²) < 4.78 is 19.6. The van der Waals surface area contributed by atoms with E-state index in [2.05, 4.69) is 9.47 Å². The van der Waals surface area contributed by atoms with E-state index in [0.29, 0.717) is 19.6 Å². The van der Waals surface area contributed by atoms with Crippen molar-refractivity contribution in [2.24, 2.45) is 0 Å². The van der Waals surface area contributed by atoms with Gasteiger partial charge in [0, 0.05) is 30.8 Å². The van der Waals surface area contributed by atoms with Gasteiger partial charge in [0.2, 0.25) is 0 Å². The van der Waals surface area contributed by atoms with Gasteiger partial charge >= 0.3 is 23.9 Å². The summed E-state index contributed by atoms with van der Waals surface area (Å²) in [7, 11) is 0. The van der Waals surface area contributed by atoms with Gasteiger partial charge in [0.1, 0.15) is 12.7 Å². The van der Waals surface area contributed by atoms with Crippen LogP contribution in [0.2, 0.25) is 0 Å². The molecule has 0 aliphatic carbocycles. The molecular weight excluding hydrogens is 370 g/mol. The summed E-state index contributed by atoms with van der Waals surface area (Å²) in [6.45, 7) is 9.11. The van der Waals surface area contributed by atoms with Crippen LogP contribution in [-0.4, -0.2) is 74.3 Å². The summed E-state index contributed by atoms with van der Waals surface area (Å²) in [5.74, 6) is -2.84. The van der Waals surface area contributed by atoms with Crippen LogP contribution in [0.3, 0.4) is 0 Å².